The molecule has 1 aliphatic heterocycles. The second-order valence-corrected chi connectivity index (χ2v) is 16.9. The predicted octanol–water partition coefficient (Wildman–Crippen LogP) is 3.68. The molecule has 3 aromatic heterocycles. The lowest BCUT2D eigenvalue weighted by atomic mass is 10.2. The lowest BCUT2D eigenvalue weighted by Gasteiger charge is -2.24. The molecule has 3 aliphatic rings. The first-order chi connectivity index (χ1) is 18.6. The summed E-state index contributed by atoms with van der Waals surface area (Å²) in [6.07, 6.45) is 13.5. The molecule has 39 heavy (non-hydrogen) atoms. The number of ether oxygens (including phenoxy) is 1. The average Bonchev–Trinajstić information content (AvgIpc) is 3.30. The molecule has 3 aromatic rings. The van der Waals surface area contributed by atoms with Gasteiger partial charge in [-0.1, -0.05) is 6.07 Å². The Bertz CT molecular complexity index is 1360. The summed E-state index contributed by atoms with van der Waals surface area (Å²) in [5.74, 6) is 3.81. The van der Waals surface area contributed by atoms with Crippen LogP contribution in [0.1, 0.15) is 57.5 Å². The van der Waals surface area contributed by atoms with Crippen LogP contribution in [0.3, 0.4) is 0 Å². The van der Waals surface area contributed by atoms with Gasteiger partial charge in [0.05, 0.1) is 36.6 Å². The number of amides is 1. The van der Waals surface area contributed by atoms with Crippen molar-refractivity contribution in [3.05, 3.63) is 58.3 Å². The van der Waals surface area contributed by atoms with Crippen molar-refractivity contribution in [2.45, 2.75) is 52.4 Å². The van der Waals surface area contributed by atoms with Gasteiger partial charge in [-0.15, -0.1) is 0 Å². The number of hydrogen-bond acceptors (Lipinski definition) is 6. The highest BCUT2D eigenvalue weighted by molar-refractivity contribution is 8.32. The normalized spacial score (nSPS) is 22.2. The van der Waals surface area contributed by atoms with Crippen molar-refractivity contribution in [3.8, 4) is 0 Å². The zero-order valence-electron chi connectivity index (χ0n) is 23.8. The summed E-state index contributed by atoms with van der Waals surface area (Å²) in [6, 6.07) is 4.18. The SMILES string of the molecule is Cc1nc(N2CC3CC3C2)ccc1Cn1cc(C(=O)N[C@@H]2CCc3c2nn(COCCS(C)(C)C)c3C)cn1. The molecule has 2 aliphatic carbocycles. The van der Waals surface area contributed by atoms with E-state index in [0.29, 0.717) is 18.8 Å². The highest BCUT2D eigenvalue weighted by Crippen LogP contribution is 2.46. The molecular weight excluding hydrogens is 510 g/mol. The number of piperidine rings is 1. The molecule has 0 aromatic carbocycles. The number of nitrogens with one attached hydrogen (secondary N) is 1. The van der Waals surface area contributed by atoms with Crippen LogP contribution in [0.4, 0.5) is 5.82 Å². The van der Waals surface area contributed by atoms with Gasteiger partial charge in [0.25, 0.3) is 5.91 Å². The van der Waals surface area contributed by atoms with Crippen molar-refractivity contribution in [2.24, 2.45) is 11.8 Å². The molecule has 9 nitrogen and oxygen atoms in total. The Kier molecular flexibility index (Phi) is 6.95. The van der Waals surface area contributed by atoms with Gasteiger partial charge in [0.15, 0.2) is 0 Å². The fourth-order valence-electron chi connectivity index (χ4n) is 5.84. The second kappa shape index (κ2) is 10.3. The number of aryl methyl sites for hydroxylation is 1. The molecule has 0 bridgehead atoms. The van der Waals surface area contributed by atoms with E-state index in [1.165, 1.54) is 12.0 Å². The van der Waals surface area contributed by atoms with Crippen molar-refractivity contribution < 1.29 is 9.53 Å². The highest BCUT2D eigenvalue weighted by Gasteiger charge is 2.45. The minimum Gasteiger partial charge on any atom is -0.358 e. The minimum absolute atomic E-state index is 0.0922. The van der Waals surface area contributed by atoms with E-state index in [4.69, 9.17) is 14.8 Å². The van der Waals surface area contributed by atoms with Crippen LogP contribution in [-0.2, 0) is 24.4 Å². The molecule has 2 fully saturated rings. The van der Waals surface area contributed by atoms with E-state index in [-0.39, 0.29) is 11.9 Å². The van der Waals surface area contributed by atoms with E-state index in [1.807, 2.05) is 15.6 Å². The van der Waals surface area contributed by atoms with E-state index in [9.17, 15) is 4.79 Å². The number of rotatable bonds is 10. The van der Waals surface area contributed by atoms with Crippen molar-refractivity contribution in [1.29, 1.82) is 0 Å². The number of carbonyl (C=O) groups is 1. The number of fused-ring (bicyclic) bond motifs is 2. The first kappa shape index (κ1) is 26.4. The molecule has 210 valence electrons. The third-order valence-electron chi connectivity index (χ3n) is 8.44. The quantitative estimate of drug-likeness (QED) is 0.387. The molecule has 4 heterocycles. The fraction of sp³-hybridized carbons (Fsp3) is 0.586. The van der Waals surface area contributed by atoms with Crippen LogP contribution in [0.25, 0.3) is 0 Å². The first-order valence-corrected chi connectivity index (χ1v) is 17.0. The maximum Gasteiger partial charge on any atom is 0.255 e. The molecule has 6 rings (SSSR count). The van der Waals surface area contributed by atoms with Crippen LogP contribution in [0.15, 0.2) is 24.5 Å². The summed E-state index contributed by atoms with van der Waals surface area (Å²) in [5, 5.41) is 12.5. The van der Waals surface area contributed by atoms with Gasteiger partial charge in [0, 0.05) is 36.4 Å². The van der Waals surface area contributed by atoms with E-state index in [1.54, 1.807) is 6.20 Å². The van der Waals surface area contributed by atoms with Gasteiger partial charge < -0.3 is 15.0 Å². The summed E-state index contributed by atoms with van der Waals surface area (Å²) in [4.78, 5) is 20.4. The zero-order valence-corrected chi connectivity index (χ0v) is 24.6. The Labute approximate surface area is 232 Å². The molecule has 0 radical (unpaired) electrons. The van der Waals surface area contributed by atoms with Gasteiger partial charge in [-0.3, -0.25) is 9.48 Å². The highest BCUT2D eigenvalue weighted by atomic mass is 32.3. The molecule has 0 spiro atoms. The summed E-state index contributed by atoms with van der Waals surface area (Å²) in [5.41, 5.74) is 6.03. The Balaban J connectivity index is 1.05. The van der Waals surface area contributed by atoms with E-state index in [2.05, 4.69) is 60.1 Å². The van der Waals surface area contributed by atoms with Crippen LogP contribution < -0.4 is 10.2 Å². The lowest BCUT2D eigenvalue weighted by molar-refractivity contribution is 0.0786. The van der Waals surface area contributed by atoms with Crippen molar-refractivity contribution in [3.63, 3.8) is 0 Å². The monoisotopic (exact) mass is 551 g/mol. The summed E-state index contributed by atoms with van der Waals surface area (Å²) in [6.45, 7) is 8.22. The van der Waals surface area contributed by atoms with Crippen molar-refractivity contribution in [1.82, 2.24) is 29.9 Å². The zero-order chi connectivity index (χ0) is 27.3. The van der Waals surface area contributed by atoms with Gasteiger partial charge >= 0.3 is 0 Å². The van der Waals surface area contributed by atoms with Crippen molar-refractivity contribution >= 4 is 21.8 Å². The minimum atomic E-state index is -0.571. The number of anilines is 1. The van der Waals surface area contributed by atoms with Gasteiger partial charge in [-0.2, -0.15) is 10.2 Å². The number of hydrogen-bond donors (Lipinski definition) is 1. The topological polar surface area (TPSA) is 90.1 Å². The Morgan fingerprint density at radius 2 is 1.97 bits per heavy atom. The Morgan fingerprint density at radius 1 is 1.18 bits per heavy atom. The van der Waals surface area contributed by atoms with E-state index < -0.39 is 10.0 Å². The fourth-order valence-corrected chi connectivity index (χ4v) is 6.45. The summed E-state index contributed by atoms with van der Waals surface area (Å²) in [7, 11) is -0.571. The van der Waals surface area contributed by atoms with Gasteiger partial charge in [0.1, 0.15) is 12.5 Å². The van der Waals surface area contributed by atoms with E-state index in [0.717, 1.165) is 78.6 Å². The summed E-state index contributed by atoms with van der Waals surface area (Å²) >= 11 is 0. The standard InChI is InChI=1S/C29H41N7O2S/c1-19-21(6-9-27(31-19)34-14-22-12-23(22)15-34)16-35-17-24(13-30-35)29(37)32-26-8-7-25-20(2)36(33-28(25)26)18-38-10-11-39(3,4)5/h6,9,13,17,22-23,26H,7-8,10-12,14-16,18H2,1-5H3,(H,32,37)/t22?,23?,26-/m1/s1. The van der Waals surface area contributed by atoms with Gasteiger partial charge in [0.2, 0.25) is 0 Å². The van der Waals surface area contributed by atoms with Crippen LogP contribution in [0, 0.1) is 25.7 Å². The van der Waals surface area contributed by atoms with Crippen LogP contribution in [0.2, 0.25) is 0 Å². The van der Waals surface area contributed by atoms with E-state index >= 15 is 0 Å². The number of carbonyl (C=O) groups excluding carboxylic acids is 1. The largest absolute Gasteiger partial charge is 0.358 e. The Morgan fingerprint density at radius 3 is 2.72 bits per heavy atom. The molecule has 3 atom stereocenters. The molecular formula is C29H41N7O2S. The molecule has 2 unspecified atom stereocenters. The first-order valence-electron chi connectivity index (χ1n) is 14.0. The number of nitrogens with zero attached hydrogens (tertiary/aromatic N) is 6. The van der Waals surface area contributed by atoms with Crippen LogP contribution in [-0.4, -0.2) is 74.7 Å². The molecule has 1 N–H and O–H groups in total. The molecule has 1 saturated heterocycles. The lowest BCUT2D eigenvalue weighted by Crippen LogP contribution is -2.27. The maximum atomic E-state index is 13.1. The molecule has 1 saturated carbocycles. The van der Waals surface area contributed by atoms with Crippen LogP contribution >= 0.6 is 10.0 Å². The predicted molar refractivity (Wildman–Crippen MR) is 156 cm³/mol. The van der Waals surface area contributed by atoms with Crippen LogP contribution in [0.5, 0.6) is 0 Å². The van der Waals surface area contributed by atoms with Gasteiger partial charge in [-0.05, 0) is 80.9 Å². The second-order valence-electron chi connectivity index (χ2n) is 12.3. The van der Waals surface area contributed by atoms with Crippen molar-refractivity contribution in [2.75, 3.05) is 49.1 Å². The third kappa shape index (κ3) is 5.72. The third-order valence-corrected chi connectivity index (χ3v) is 9.84. The smallest absolute Gasteiger partial charge is 0.255 e. The summed E-state index contributed by atoms with van der Waals surface area (Å²) < 4.78 is 9.67. The van der Waals surface area contributed by atoms with Gasteiger partial charge in [-0.25, -0.2) is 19.7 Å². The Hall–Kier alpha value is -2.85. The maximum absolute atomic E-state index is 13.1. The average molecular weight is 552 g/mol. The molecule has 1 amide bonds. The number of aromatic nitrogens is 5. The number of pyridine rings is 1. The molecule has 10 heteroatoms.